The second kappa shape index (κ2) is 6.93. The maximum absolute atomic E-state index is 10.1. The van der Waals surface area contributed by atoms with Crippen molar-refractivity contribution in [2.45, 2.75) is 32.9 Å². The molecule has 7 nitrogen and oxygen atoms in total. The van der Waals surface area contributed by atoms with Crippen molar-refractivity contribution >= 4 is 23.1 Å². The highest BCUT2D eigenvalue weighted by Gasteiger charge is 2.21. The number of nitrogen functional groups attached to an aromatic ring is 1. The SMILES string of the molecule is Cc1cc(C(C)(C)O)nn1-c1ccc(CNc2nc(Cl)ncc2N)cc1. The van der Waals surface area contributed by atoms with Gasteiger partial charge in [0, 0.05) is 12.2 Å². The zero-order valence-electron chi connectivity index (χ0n) is 14.9. The highest BCUT2D eigenvalue weighted by molar-refractivity contribution is 6.28. The zero-order chi connectivity index (χ0) is 18.9. The van der Waals surface area contributed by atoms with Crippen LogP contribution in [-0.2, 0) is 12.1 Å². The van der Waals surface area contributed by atoms with E-state index in [-0.39, 0.29) is 5.28 Å². The lowest BCUT2D eigenvalue weighted by atomic mass is 10.1. The van der Waals surface area contributed by atoms with Crippen LogP contribution < -0.4 is 11.1 Å². The first-order valence-electron chi connectivity index (χ1n) is 8.15. The Morgan fingerprint density at radius 1 is 1.27 bits per heavy atom. The van der Waals surface area contributed by atoms with Crippen LogP contribution in [0, 0.1) is 6.92 Å². The molecule has 0 spiro atoms. The van der Waals surface area contributed by atoms with Gasteiger partial charge in [0.05, 0.1) is 23.3 Å². The average molecular weight is 373 g/mol. The summed E-state index contributed by atoms with van der Waals surface area (Å²) < 4.78 is 1.81. The highest BCUT2D eigenvalue weighted by atomic mass is 35.5. The summed E-state index contributed by atoms with van der Waals surface area (Å²) in [6.07, 6.45) is 1.47. The van der Waals surface area contributed by atoms with Crippen LogP contribution in [0.15, 0.2) is 36.5 Å². The predicted octanol–water partition coefficient (Wildman–Crippen LogP) is 3.05. The van der Waals surface area contributed by atoms with Gasteiger partial charge in [0.2, 0.25) is 5.28 Å². The van der Waals surface area contributed by atoms with Crippen molar-refractivity contribution in [3.8, 4) is 5.69 Å². The molecule has 2 heterocycles. The second-order valence-corrected chi connectivity index (χ2v) is 6.94. The lowest BCUT2D eigenvalue weighted by Crippen LogP contribution is -2.16. The van der Waals surface area contributed by atoms with Crippen LogP contribution in [0.3, 0.4) is 0 Å². The monoisotopic (exact) mass is 372 g/mol. The van der Waals surface area contributed by atoms with Crippen LogP contribution in [-0.4, -0.2) is 24.9 Å². The molecule has 0 saturated carbocycles. The number of aryl methyl sites for hydroxylation is 1. The summed E-state index contributed by atoms with van der Waals surface area (Å²) in [6, 6.07) is 9.82. The van der Waals surface area contributed by atoms with Crippen LogP contribution in [0.5, 0.6) is 0 Å². The summed E-state index contributed by atoms with van der Waals surface area (Å²) in [7, 11) is 0. The number of nitrogens with one attached hydrogen (secondary N) is 1. The molecule has 0 bridgehead atoms. The van der Waals surface area contributed by atoms with Gasteiger partial charge in [0.1, 0.15) is 5.60 Å². The summed E-state index contributed by atoms with van der Waals surface area (Å²) in [6.45, 7) is 5.95. The number of hydrogen-bond acceptors (Lipinski definition) is 6. The van der Waals surface area contributed by atoms with E-state index in [1.807, 2.05) is 41.9 Å². The van der Waals surface area contributed by atoms with E-state index >= 15 is 0 Å². The zero-order valence-corrected chi connectivity index (χ0v) is 15.6. The number of nitrogens with two attached hydrogens (primary N) is 1. The maximum Gasteiger partial charge on any atom is 0.224 e. The van der Waals surface area contributed by atoms with Gasteiger partial charge in [-0.25, -0.2) is 9.67 Å². The molecule has 0 unspecified atom stereocenters. The molecule has 0 saturated heterocycles. The number of aromatic nitrogens is 4. The van der Waals surface area contributed by atoms with Crippen molar-refractivity contribution in [2.24, 2.45) is 0 Å². The number of aliphatic hydroxyl groups is 1. The van der Waals surface area contributed by atoms with Gasteiger partial charge in [0.15, 0.2) is 5.82 Å². The van der Waals surface area contributed by atoms with Crippen molar-refractivity contribution in [1.82, 2.24) is 19.7 Å². The van der Waals surface area contributed by atoms with E-state index in [1.165, 1.54) is 6.20 Å². The number of hydrogen-bond donors (Lipinski definition) is 3. The molecule has 0 amide bonds. The minimum Gasteiger partial charge on any atom is -0.394 e. The Morgan fingerprint density at radius 3 is 2.58 bits per heavy atom. The lowest BCUT2D eigenvalue weighted by Gasteiger charge is -2.13. The van der Waals surface area contributed by atoms with E-state index in [0.29, 0.717) is 23.7 Å². The molecule has 3 rings (SSSR count). The Balaban J connectivity index is 1.75. The molecule has 1 aromatic carbocycles. The minimum absolute atomic E-state index is 0.147. The number of rotatable bonds is 5. The van der Waals surface area contributed by atoms with Crippen LogP contribution in [0.25, 0.3) is 5.69 Å². The van der Waals surface area contributed by atoms with Crippen LogP contribution >= 0.6 is 11.6 Å². The van der Waals surface area contributed by atoms with Crippen LogP contribution in [0.2, 0.25) is 5.28 Å². The van der Waals surface area contributed by atoms with E-state index in [2.05, 4.69) is 20.4 Å². The highest BCUT2D eigenvalue weighted by Crippen LogP contribution is 2.22. The summed E-state index contributed by atoms with van der Waals surface area (Å²) in [5.74, 6) is 0.506. The van der Waals surface area contributed by atoms with Gasteiger partial charge in [-0.05, 0) is 56.1 Å². The van der Waals surface area contributed by atoms with E-state index in [0.717, 1.165) is 16.9 Å². The van der Waals surface area contributed by atoms with E-state index < -0.39 is 5.60 Å². The molecule has 0 aliphatic carbocycles. The molecule has 0 fully saturated rings. The third kappa shape index (κ3) is 3.95. The van der Waals surface area contributed by atoms with Gasteiger partial charge in [-0.15, -0.1) is 0 Å². The fourth-order valence-corrected chi connectivity index (χ4v) is 2.62. The molecule has 0 radical (unpaired) electrons. The summed E-state index contributed by atoms with van der Waals surface area (Å²) in [5, 5.41) is 17.9. The fraction of sp³-hybridized carbons (Fsp3) is 0.278. The third-order valence-corrected chi connectivity index (χ3v) is 4.12. The number of benzene rings is 1. The molecule has 136 valence electrons. The smallest absolute Gasteiger partial charge is 0.224 e. The van der Waals surface area contributed by atoms with E-state index in [1.54, 1.807) is 13.8 Å². The molecule has 26 heavy (non-hydrogen) atoms. The molecular formula is C18H21ClN6O. The van der Waals surface area contributed by atoms with Crippen molar-refractivity contribution < 1.29 is 5.11 Å². The first kappa shape index (κ1) is 18.2. The molecule has 0 aliphatic heterocycles. The molecular weight excluding hydrogens is 352 g/mol. The van der Waals surface area contributed by atoms with Crippen LogP contribution in [0.1, 0.15) is 30.8 Å². The third-order valence-electron chi connectivity index (χ3n) is 3.94. The number of anilines is 2. The van der Waals surface area contributed by atoms with Gasteiger partial charge in [-0.3, -0.25) is 0 Å². The molecule has 4 N–H and O–H groups in total. The van der Waals surface area contributed by atoms with Crippen LogP contribution in [0.4, 0.5) is 11.5 Å². The first-order valence-corrected chi connectivity index (χ1v) is 8.52. The molecule has 2 aromatic heterocycles. The molecule has 8 heteroatoms. The minimum atomic E-state index is -0.974. The van der Waals surface area contributed by atoms with Crippen molar-refractivity contribution in [1.29, 1.82) is 0 Å². The summed E-state index contributed by atoms with van der Waals surface area (Å²) in [5.41, 5.74) is 8.86. The van der Waals surface area contributed by atoms with Gasteiger partial charge >= 0.3 is 0 Å². The second-order valence-electron chi connectivity index (χ2n) is 6.60. The van der Waals surface area contributed by atoms with Crippen molar-refractivity contribution in [3.05, 3.63) is 58.8 Å². The molecule has 0 aliphatic rings. The number of nitrogens with zero attached hydrogens (tertiary/aromatic N) is 4. The Hall–Kier alpha value is -2.64. The first-order chi connectivity index (χ1) is 12.2. The van der Waals surface area contributed by atoms with Gasteiger partial charge in [-0.1, -0.05) is 12.1 Å². The topological polar surface area (TPSA) is 102 Å². The fourth-order valence-electron chi connectivity index (χ4n) is 2.49. The number of halogens is 1. The molecule has 0 atom stereocenters. The van der Waals surface area contributed by atoms with E-state index in [9.17, 15) is 5.11 Å². The summed E-state index contributed by atoms with van der Waals surface area (Å²) in [4.78, 5) is 7.90. The molecule has 3 aromatic rings. The predicted molar refractivity (Wildman–Crippen MR) is 102 cm³/mol. The standard InChI is InChI=1S/C18H21ClN6O/c1-11-8-15(18(2,3)26)24-25(11)13-6-4-12(5-7-13)9-21-16-14(20)10-22-17(19)23-16/h4-8,10,26H,9,20H2,1-3H3,(H,21,22,23). The van der Waals surface area contributed by atoms with Gasteiger partial charge in [-0.2, -0.15) is 10.1 Å². The Bertz CT molecular complexity index is 914. The van der Waals surface area contributed by atoms with Gasteiger partial charge in [0.25, 0.3) is 0 Å². The van der Waals surface area contributed by atoms with Crippen molar-refractivity contribution in [2.75, 3.05) is 11.1 Å². The normalized spacial score (nSPS) is 11.6. The largest absolute Gasteiger partial charge is 0.394 e. The van der Waals surface area contributed by atoms with Crippen molar-refractivity contribution in [3.63, 3.8) is 0 Å². The quantitative estimate of drug-likeness (QED) is 0.595. The maximum atomic E-state index is 10.1. The van der Waals surface area contributed by atoms with Gasteiger partial charge < -0.3 is 16.2 Å². The summed E-state index contributed by atoms with van der Waals surface area (Å²) >= 11 is 5.79. The Kier molecular flexibility index (Phi) is 4.84. The Labute approximate surface area is 156 Å². The van der Waals surface area contributed by atoms with E-state index in [4.69, 9.17) is 17.3 Å². The average Bonchev–Trinajstić information content (AvgIpc) is 2.98. The Morgan fingerprint density at radius 2 is 1.96 bits per heavy atom. The lowest BCUT2D eigenvalue weighted by molar-refractivity contribution is 0.0734.